The van der Waals surface area contributed by atoms with Gasteiger partial charge in [-0.25, -0.2) is 0 Å². The van der Waals surface area contributed by atoms with Gasteiger partial charge in [0, 0.05) is 51.5 Å². The molecule has 0 unspecified atom stereocenters. The third-order valence-electron chi connectivity index (χ3n) is 9.04. The minimum Gasteiger partial charge on any atom is -0.357 e. The van der Waals surface area contributed by atoms with Crippen LogP contribution < -0.4 is 0 Å². The van der Waals surface area contributed by atoms with Crippen LogP contribution in [0.2, 0.25) is 0 Å². The van der Waals surface area contributed by atoms with Crippen molar-refractivity contribution in [2.24, 2.45) is 5.92 Å². The Morgan fingerprint density at radius 3 is 1.33 bits per heavy atom. The summed E-state index contributed by atoms with van der Waals surface area (Å²) >= 11 is 0. The lowest BCUT2D eigenvalue weighted by molar-refractivity contribution is -0.263. The number of nitrogens with zero attached hydrogens (tertiary/aromatic N) is 4. The average Bonchev–Trinajstić information content (AvgIpc) is 3.29. The van der Waals surface area contributed by atoms with Crippen LogP contribution in [-0.4, -0.2) is 57.9 Å². The molecule has 222 valence electrons. The van der Waals surface area contributed by atoms with E-state index in [1.807, 2.05) is 0 Å². The van der Waals surface area contributed by atoms with Crippen molar-refractivity contribution in [1.29, 1.82) is 0 Å². The molecule has 0 aliphatic carbocycles. The molecule has 2 saturated heterocycles. The summed E-state index contributed by atoms with van der Waals surface area (Å²) in [5.74, 6) is 0.609. The van der Waals surface area contributed by atoms with Crippen molar-refractivity contribution in [2.75, 3.05) is 0 Å². The first-order valence-corrected chi connectivity index (χ1v) is 14.6. The summed E-state index contributed by atoms with van der Waals surface area (Å²) in [5.41, 5.74) is 4.30. The van der Waals surface area contributed by atoms with Gasteiger partial charge in [-0.2, -0.15) is 10.1 Å². The number of aryl methyl sites for hydroxylation is 4. The maximum atomic E-state index is 10.3. The Balaban J connectivity index is 0.000000216. The molecule has 39 heavy (non-hydrogen) atoms. The van der Waals surface area contributed by atoms with Crippen molar-refractivity contribution in [1.82, 2.24) is 19.3 Å². The second-order valence-corrected chi connectivity index (χ2v) is 14.7. The molecule has 2 aromatic heterocycles. The highest BCUT2D eigenvalue weighted by Gasteiger charge is 2.46. The van der Waals surface area contributed by atoms with Gasteiger partial charge in [-0.3, -0.25) is 0 Å². The van der Waals surface area contributed by atoms with Crippen molar-refractivity contribution < 1.29 is 15.2 Å². The van der Waals surface area contributed by atoms with Crippen molar-refractivity contribution in [2.45, 2.75) is 150 Å². The van der Waals surface area contributed by atoms with E-state index in [1.54, 1.807) is 5.06 Å². The molecular weight excluding hydrogens is 488 g/mol. The zero-order valence-electron chi connectivity index (χ0n) is 26.8. The fourth-order valence-electron chi connectivity index (χ4n) is 7.23. The van der Waals surface area contributed by atoms with E-state index in [0.717, 1.165) is 32.2 Å². The minimum absolute atomic E-state index is 0.151. The fraction of sp³-hybridized carbons (Fsp3) is 0.750. The van der Waals surface area contributed by atoms with Gasteiger partial charge in [0.25, 0.3) is 0 Å². The Hall–Kier alpha value is -1.64. The van der Waals surface area contributed by atoms with E-state index in [0.29, 0.717) is 12.6 Å². The summed E-state index contributed by atoms with van der Waals surface area (Å²) in [5, 5.41) is 23.7. The minimum atomic E-state index is -0.257. The van der Waals surface area contributed by atoms with Gasteiger partial charge < -0.3 is 24.3 Å². The first-order chi connectivity index (χ1) is 17.8. The third-order valence-corrected chi connectivity index (χ3v) is 9.04. The largest absolute Gasteiger partial charge is 0.357 e. The number of hydrogen-bond donors (Lipinski definition) is 2. The van der Waals surface area contributed by atoms with Gasteiger partial charge in [0.05, 0.1) is 6.10 Å². The van der Waals surface area contributed by atoms with Crippen LogP contribution in [0.1, 0.15) is 104 Å². The zero-order valence-corrected chi connectivity index (χ0v) is 26.8. The van der Waals surface area contributed by atoms with Gasteiger partial charge in [0.2, 0.25) is 0 Å². The lowest BCUT2D eigenvalue weighted by Gasteiger charge is -2.51. The Kier molecular flexibility index (Phi) is 9.26. The summed E-state index contributed by atoms with van der Waals surface area (Å²) in [6.45, 7) is 27.0. The Morgan fingerprint density at radius 2 is 0.949 bits per heavy atom. The number of piperidine rings is 2. The molecule has 7 heteroatoms. The molecule has 0 atom stereocenters. The van der Waals surface area contributed by atoms with Crippen LogP contribution >= 0.6 is 0 Å². The zero-order chi connectivity index (χ0) is 29.6. The molecule has 2 aliphatic rings. The quantitative estimate of drug-likeness (QED) is 0.415. The van der Waals surface area contributed by atoms with Crippen LogP contribution in [0.15, 0.2) is 24.3 Å². The molecular formula is C32H56N4O3. The van der Waals surface area contributed by atoms with Crippen molar-refractivity contribution >= 4 is 0 Å². The predicted molar refractivity (Wildman–Crippen MR) is 158 cm³/mol. The van der Waals surface area contributed by atoms with Crippen LogP contribution in [0, 0.1) is 33.6 Å². The summed E-state index contributed by atoms with van der Waals surface area (Å²) in [6.07, 6.45) is 3.91. The van der Waals surface area contributed by atoms with Gasteiger partial charge in [0.1, 0.15) is 6.73 Å². The summed E-state index contributed by atoms with van der Waals surface area (Å²) < 4.78 is 10.7. The second-order valence-electron chi connectivity index (χ2n) is 14.7. The molecule has 0 saturated carbocycles. The molecule has 0 spiro atoms. The number of hydroxylamine groups is 4. The third kappa shape index (κ3) is 7.17. The molecule has 2 N–H and O–H groups in total. The maximum Gasteiger partial charge on any atom is 0.123 e. The highest BCUT2D eigenvalue weighted by atomic mass is 16.5. The standard InChI is InChI=1S/C16H28N2O2.C16H28N2O/c1-12-7-8-13(2)17(12)11-20-14-9-15(3,4)18(19)16(5,6)10-14;1-12-7-8-13(2)17(12)11-14-9-15(3,4)18(19)16(5,6)10-14/h7-8,14,19H,9-11H2,1-6H3;7-8,14,19H,9-11H2,1-6H3. The fourth-order valence-corrected chi connectivity index (χ4v) is 7.23. The SMILES string of the molecule is Cc1ccc(C)n1CC1CC(C)(C)N(O)C(C)(C)C1.Cc1ccc(C)n1COC1CC(C)(C)N(O)C(C)(C)C1. The first kappa shape index (κ1) is 31.9. The second kappa shape index (κ2) is 11.3. The highest BCUT2D eigenvalue weighted by molar-refractivity contribution is 5.14. The van der Waals surface area contributed by atoms with Gasteiger partial charge in [0.15, 0.2) is 0 Å². The van der Waals surface area contributed by atoms with Crippen LogP contribution in [-0.2, 0) is 18.0 Å². The summed E-state index contributed by atoms with van der Waals surface area (Å²) in [6, 6.07) is 8.60. The molecule has 4 heterocycles. The molecule has 7 nitrogen and oxygen atoms in total. The topological polar surface area (TPSA) is 66.0 Å². The van der Waals surface area contributed by atoms with Crippen molar-refractivity contribution in [3.05, 3.63) is 47.0 Å². The van der Waals surface area contributed by atoms with Gasteiger partial charge in [-0.15, -0.1) is 0 Å². The predicted octanol–water partition coefficient (Wildman–Crippen LogP) is 7.25. The van der Waals surface area contributed by atoms with E-state index in [2.05, 4.69) is 116 Å². The van der Waals surface area contributed by atoms with Crippen LogP contribution in [0.3, 0.4) is 0 Å². The van der Waals surface area contributed by atoms with Crippen LogP contribution in [0.4, 0.5) is 0 Å². The lowest BCUT2D eigenvalue weighted by Crippen LogP contribution is -2.60. The molecule has 0 aromatic carbocycles. The van der Waals surface area contributed by atoms with E-state index in [4.69, 9.17) is 4.74 Å². The summed E-state index contributed by atoms with van der Waals surface area (Å²) in [4.78, 5) is 0. The number of rotatable bonds is 5. The molecule has 2 fully saturated rings. The average molecular weight is 545 g/mol. The monoisotopic (exact) mass is 544 g/mol. The molecule has 4 rings (SSSR count). The lowest BCUT2D eigenvalue weighted by atomic mass is 9.75. The van der Waals surface area contributed by atoms with Gasteiger partial charge in [-0.05, 0) is 139 Å². The van der Waals surface area contributed by atoms with E-state index in [9.17, 15) is 10.4 Å². The van der Waals surface area contributed by atoms with Crippen LogP contribution in [0.25, 0.3) is 0 Å². The van der Waals surface area contributed by atoms with Crippen LogP contribution in [0.5, 0.6) is 0 Å². The highest BCUT2D eigenvalue weighted by Crippen LogP contribution is 2.41. The van der Waals surface area contributed by atoms with E-state index in [1.165, 1.54) is 27.8 Å². The van der Waals surface area contributed by atoms with Crippen molar-refractivity contribution in [3.63, 3.8) is 0 Å². The van der Waals surface area contributed by atoms with E-state index in [-0.39, 0.29) is 28.3 Å². The molecule has 0 radical (unpaired) electrons. The van der Waals surface area contributed by atoms with E-state index >= 15 is 0 Å². The smallest absolute Gasteiger partial charge is 0.123 e. The number of aromatic nitrogens is 2. The Bertz CT molecular complexity index is 1040. The van der Waals surface area contributed by atoms with Gasteiger partial charge >= 0.3 is 0 Å². The number of hydrogen-bond acceptors (Lipinski definition) is 5. The molecule has 0 bridgehead atoms. The van der Waals surface area contributed by atoms with Gasteiger partial charge in [-0.1, -0.05) is 0 Å². The normalized spacial score (nSPS) is 23.4. The van der Waals surface area contributed by atoms with E-state index < -0.39 is 0 Å². The molecule has 0 amide bonds. The summed E-state index contributed by atoms with van der Waals surface area (Å²) in [7, 11) is 0. The molecule has 2 aromatic rings. The number of ether oxygens (including phenoxy) is 1. The Labute approximate surface area is 237 Å². The maximum absolute atomic E-state index is 10.3. The first-order valence-electron chi connectivity index (χ1n) is 14.6. The van der Waals surface area contributed by atoms with Crippen molar-refractivity contribution in [3.8, 4) is 0 Å². The molecule has 2 aliphatic heterocycles. The Morgan fingerprint density at radius 1 is 0.615 bits per heavy atom.